The Morgan fingerprint density at radius 1 is 0.947 bits per heavy atom. The maximum atomic E-state index is 13.5. The van der Waals surface area contributed by atoms with Crippen LogP contribution in [0.3, 0.4) is 0 Å². The molecule has 0 atom stereocenters. The minimum atomic E-state index is -0.516. The summed E-state index contributed by atoms with van der Waals surface area (Å²) >= 11 is 0. The smallest absolute Gasteiger partial charge is 0.311 e. The fourth-order valence-electron chi connectivity index (χ4n) is 5.80. The maximum Gasteiger partial charge on any atom is 0.311 e. The van der Waals surface area contributed by atoms with Crippen LogP contribution in [-0.4, -0.2) is 59.9 Å². The lowest BCUT2D eigenvalue weighted by Gasteiger charge is -2.48. The van der Waals surface area contributed by atoms with Gasteiger partial charge >= 0.3 is 5.97 Å². The van der Waals surface area contributed by atoms with Crippen LogP contribution in [-0.2, 0) is 14.3 Å². The number of hydrogen-bond donors (Lipinski definition) is 1. The molecule has 0 aliphatic carbocycles. The van der Waals surface area contributed by atoms with Gasteiger partial charge in [-0.15, -0.1) is 0 Å². The molecule has 2 N–H and O–H groups in total. The molecule has 1 aromatic carbocycles. The Kier molecular flexibility index (Phi) is 12.7. The van der Waals surface area contributed by atoms with E-state index in [0.29, 0.717) is 24.2 Å². The van der Waals surface area contributed by atoms with Crippen LogP contribution in [0.5, 0.6) is 0 Å². The molecule has 0 saturated carbocycles. The molecule has 2 saturated heterocycles. The topological polar surface area (TPSA) is 75.9 Å². The number of unbranched alkanes of at least 4 members (excludes halogenated alkanes) is 6. The summed E-state index contributed by atoms with van der Waals surface area (Å²) in [6, 6.07) is 6.09. The van der Waals surface area contributed by atoms with Gasteiger partial charge in [0.1, 0.15) is 17.1 Å². The van der Waals surface area contributed by atoms with E-state index in [4.69, 9.17) is 10.5 Å². The highest BCUT2D eigenvalue weighted by molar-refractivity contribution is 5.85. The molecule has 2 aliphatic rings. The quantitative estimate of drug-likeness (QED) is 0.170. The minimum Gasteiger partial charge on any atom is -0.426 e. The normalized spacial score (nSPS) is 18.8. The third-order valence-electron chi connectivity index (χ3n) is 8.22. The lowest BCUT2D eigenvalue weighted by atomic mass is 9.83. The number of carbonyl (C=O) groups is 2. The van der Waals surface area contributed by atoms with Crippen molar-refractivity contribution in [1.82, 2.24) is 9.80 Å². The summed E-state index contributed by atoms with van der Waals surface area (Å²) in [5.74, 6) is -0.248. The van der Waals surface area contributed by atoms with Gasteiger partial charge in [0.2, 0.25) is 5.91 Å². The van der Waals surface area contributed by atoms with Crippen LogP contribution in [0.1, 0.15) is 102 Å². The highest BCUT2D eigenvalue weighted by Gasteiger charge is 2.44. The van der Waals surface area contributed by atoms with E-state index in [1.807, 2.05) is 6.08 Å². The third-order valence-corrected chi connectivity index (χ3v) is 8.22. The molecule has 38 heavy (non-hydrogen) atoms. The molecule has 1 amide bonds. The molecule has 1 aromatic rings. The molecule has 0 aromatic heterocycles. The molecule has 3 rings (SSSR count). The van der Waals surface area contributed by atoms with E-state index in [-0.39, 0.29) is 17.7 Å². The molecule has 2 heterocycles. The van der Waals surface area contributed by atoms with Crippen molar-refractivity contribution in [2.75, 3.05) is 32.7 Å². The number of likely N-dealkylation sites (tertiary alicyclic amines) is 2. The summed E-state index contributed by atoms with van der Waals surface area (Å²) in [6.45, 7) is 6.55. The van der Waals surface area contributed by atoms with Crippen molar-refractivity contribution in [3.63, 3.8) is 0 Å². The predicted octanol–water partition coefficient (Wildman–Crippen LogP) is 6.05. The molecule has 0 bridgehead atoms. The summed E-state index contributed by atoms with van der Waals surface area (Å²) in [4.78, 5) is 29.8. The standard InChI is InChI=1S/C31H48FN3O3/c1-2-3-4-5-6-7-9-14-29(36)38-28(26-15-17-27(32)18-16-26)13-12-21-34-24-19-31(20-25-34,30(33)37)35-22-10-8-11-23-35/h13,15-18H,2-12,14,19-25H2,1H3,(H2,33,37)/b28-13-. The van der Waals surface area contributed by atoms with Gasteiger partial charge in [-0.05, 0) is 82.0 Å². The van der Waals surface area contributed by atoms with Crippen LogP contribution < -0.4 is 5.73 Å². The van der Waals surface area contributed by atoms with E-state index in [1.165, 1.54) is 44.2 Å². The van der Waals surface area contributed by atoms with Crippen LogP contribution >= 0.6 is 0 Å². The van der Waals surface area contributed by atoms with Crippen molar-refractivity contribution in [3.8, 4) is 0 Å². The van der Waals surface area contributed by atoms with Gasteiger partial charge in [0.25, 0.3) is 0 Å². The van der Waals surface area contributed by atoms with Gasteiger partial charge in [0.05, 0.1) is 0 Å². The molecular formula is C31H48FN3O3. The molecule has 2 aliphatic heterocycles. The largest absolute Gasteiger partial charge is 0.426 e. The molecule has 0 unspecified atom stereocenters. The van der Waals surface area contributed by atoms with Crippen molar-refractivity contribution in [2.24, 2.45) is 5.73 Å². The predicted molar refractivity (Wildman–Crippen MR) is 151 cm³/mol. The Hall–Kier alpha value is -2.25. The van der Waals surface area contributed by atoms with Crippen LogP contribution in [0.4, 0.5) is 4.39 Å². The Morgan fingerprint density at radius 3 is 2.21 bits per heavy atom. The van der Waals surface area contributed by atoms with E-state index in [1.54, 1.807) is 12.1 Å². The summed E-state index contributed by atoms with van der Waals surface area (Å²) in [5, 5.41) is 0. The number of halogens is 1. The second-order valence-electron chi connectivity index (χ2n) is 11.0. The zero-order valence-corrected chi connectivity index (χ0v) is 23.4. The number of carbonyl (C=O) groups excluding carboxylic acids is 2. The lowest BCUT2D eigenvalue weighted by molar-refractivity contribution is -0.137. The number of nitrogens with two attached hydrogens (primary N) is 1. The van der Waals surface area contributed by atoms with Crippen molar-refractivity contribution < 1.29 is 18.7 Å². The van der Waals surface area contributed by atoms with Crippen molar-refractivity contribution in [3.05, 3.63) is 41.7 Å². The van der Waals surface area contributed by atoms with Crippen LogP contribution in [0, 0.1) is 5.82 Å². The zero-order valence-electron chi connectivity index (χ0n) is 23.4. The molecule has 2 fully saturated rings. The third kappa shape index (κ3) is 9.19. The summed E-state index contributed by atoms with van der Waals surface area (Å²) in [7, 11) is 0. The van der Waals surface area contributed by atoms with Crippen molar-refractivity contribution >= 4 is 17.6 Å². The van der Waals surface area contributed by atoms with Gasteiger partial charge in [-0.2, -0.15) is 0 Å². The number of nitrogens with zero attached hydrogens (tertiary/aromatic N) is 2. The Bertz CT molecular complexity index is 888. The van der Waals surface area contributed by atoms with E-state index in [2.05, 4.69) is 16.7 Å². The summed E-state index contributed by atoms with van der Waals surface area (Å²) < 4.78 is 19.3. The second-order valence-corrected chi connectivity index (χ2v) is 11.0. The fraction of sp³-hybridized carbons (Fsp3) is 0.677. The summed E-state index contributed by atoms with van der Waals surface area (Å²) in [6.07, 6.45) is 16.0. The number of primary amides is 1. The van der Waals surface area contributed by atoms with Crippen LogP contribution in [0.25, 0.3) is 5.76 Å². The van der Waals surface area contributed by atoms with E-state index >= 15 is 0 Å². The molecule has 6 nitrogen and oxygen atoms in total. The number of benzene rings is 1. The van der Waals surface area contributed by atoms with E-state index < -0.39 is 5.54 Å². The first-order chi connectivity index (χ1) is 18.4. The maximum absolute atomic E-state index is 13.5. The summed E-state index contributed by atoms with van der Waals surface area (Å²) in [5.41, 5.74) is 6.11. The first-order valence-corrected chi connectivity index (χ1v) is 14.9. The average Bonchev–Trinajstić information content (AvgIpc) is 2.93. The molecular weight excluding hydrogens is 481 g/mol. The Balaban J connectivity index is 1.51. The van der Waals surface area contributed by atoms with Crippen molar-refractivity contribution in [2.45, 2.75) is 102 Å². The number of esters is 1. The van der Waals surface area contributed by atoms with Gasteiger partial charge in [-0.3, -0.25) is 14.5 Å². The molecule has 0 radical (unpaired) electrons. The monoisotopic (exact) mass is 529 g/mol. The SMILES string of the molecule is CCCCCCCCCC(=O)O/C(=C\CCN1CCC(C(N)=O)(N2CCCCC2)CC1)c1ccc(F)cc1. The van der Waals surface area contributed by atoms with Gasteiger partial charge in [-0.1, -0.05) is 51.9 Å². The number of hydrogen-bond acceptors (Lipinski definition) is 5. The van der Waals surface area contributed by atoms with Crippen molar-refractivity contribution in [1.29, 1.82) is 0 Å². The molecule has 7 heteroatoms. The fourth-order valence-corrected chi connectivity index (χ4v) is 5.80. The zero-order chi connectivity index (χ0) is 27.2. The van der Waals surface area contributed by atoms with Crippen LogP contribution in [0.2, 0.25) is 0 Å². The molecule has 0 spiro atoms. The highest BCUT2D eigenvalue weighted by atomic mass is 19.1. The van der Waals surface area contributed by atoms with E-state index in [9.17, 15) is 14.0 Å². The molecule has 212 valence electrons. The van der Waals surface area contributed by atoms with E-state index in [0.717, 1.165) is 77.7 Å². The first-order valence-electron chi connectivity index (χ1n) is 14.9. The van der Waals surface area contributed by atoms with Gasteiger partial charge in [-0.25, -0.2) is 4.39 Å². The first kappa shape index (κ1) is 30.3. The number of piperidine rings is 2. The number of ether oxygens (including phenoxy) is 1. The number of amides is 1. The van der Waals surface area contributed by atoms with Gasteiger partial charge < -0.3 is 15.4 Å². The average molecular weight is 530 g/mol. The van der Waals surface area contributed by atoms with Crippen LogP contribution in [0.15, 0.2) is 30.3 Å². The highest BCUT2D eigenvalue weighted by Crippen LogP contribution is 2.31. The second kappa shape index (κ2) is 16.0. The van der Waals surface area contributed by atoms with Gasteiger partial charge in [0, 0.05) is 31.6 Å². The van der Waals surface area contributed by atoms with Gasteiger partial charge in [0.15, 0.2) is 0 Å². The Labute approximate surface area is 228 Å². The number of rotatable bonds is 15. The Morgan fingerprint density at radius 2 is 1.58 bits per heavy atom. The lowest BCUT2D eigenvalue weighted by Crippen LogP contribution is -2.63. The minimum absolute atomic E-state index is 0.189.